The molecule has 0 aromatic carbocycles. The molecule has 2 aromatic rings. The Kier molecular flexibility index (Phi) is 3.25. The second-order valence-corrected chi connectivity index (χ2v) is 5.08. The van der Waals surface area contributed by atoms with E-state index in [9.17, 15) is 4.79 Å². The molecule has 1 aliphatic rings. The van der Waals surface area contributed by atoms with E-state index in [1.807, 2.05) is 23.2 Å². The number of carbonyl (C=O) groups is 1. The Hall–Kier alpha value is -1.81. The second kappa shape index (κ2) is 5.05. The molecule has 0 aliphatic carbocycles. The van der Waals surface area contributed by atoms with E-state index in [4.69, 9.17) is 11.6 Å². The Morgan fingerprint density at radius 3 is 3.11 bits per heavy atom. The smallest absolute Gasteiger partial charge is 0.273 e. The fourth-order valence-corrected chi connectivity index (χ4v) is 2.71. The van der Waals surface area contributed by atoms with Crippen LogP contribution < -0.4 is 0 Å². The predicted molar refractivity (Wildman–Crippen MR) is 73.1 cm³/mol. The van der Waals surface area contributed by atoms with Crippen molar-refractivity contribution in [2.24, 2.45) is 0 Å². The maximum atomic E-state index is 12.5. The Labute approximate surface area is 116 Å². The summed E-state index contributed by atoms with van der Waals surface area (Å²) < 4.78 is 0. The first-order valence-electron chi connectivity index (χ1n) is 6.31. The minimum atomic E-state index is -0.0559. The van der Waals surface area contributed by atoms with Gasteiger partial charge >= 0.3 is 0 Å². The number of carbonyl (C=O) groups excluding carboxylic acids is 1. The number of nitrogens with one attached hydrogen (secondary N) is 1. The van der Waals surface area contributed by atoms with E-state index in [2.05, 4.69) is 9.97 Å². The van der Waals surface area contributed by atoms with Crippen molar-refractivity contribution in [1.29, 1.82) is 0 Å². The summed E-state index contributed by atoms with van der Waals surface area (Å²) in [5.74, 6) is -0.0559. The lowest BCUT2D eigenvalue weighted by Crippen LogP contribution is -2.31. The molecule has 1 unspecified atom stereocenters. The fraction of sp³-hybridized carbons (Fsp3) is 0.286. The lowest BCUT2D eigenvalue weighted by molar-refractivity contribution is 0.0727. The van der Waals surface area contributed by atoms with E-state index in [0.29, 0.717) is 10.7 Å². The van der Waals surface area contributed by atoms with Crippen molar-refractivity contribution in [2.75, 3.05) is 6.54 Å². The van der Waals surface area contributed by atoms with Gasteiger partial charge in [-0.25, -0.2) is 0 Å². The van der Waals surface area contributed by atoms with Crippen molar-refractivity contribution in [3.05, 3.63) is 53.1 Å². The molecule has 0 spiro atoms. The van der Waals surface area contributed by atoms with Gasteiger partial charge in [0.1, 0.15) is 5.69 Å². The molecule has 98 valence electrons. The van der Waals surface area contributed by atoms with Crippen molar-refractivity contribution in [1.82, 2.24) is 14.9 Å². The van der Waals surface area contributed by atoms with E-state index in [1.54, 1.807) is 18.3 Å². The van der Waals surface area contributed by atoms with Gasteiger partial charge < -0.3 is 9.88 Å². The predicted octanol–water partition coefficient (Wildman–Crippen LogP) is 3.04. The van der Waals surface area contributed by atoms with Crippen LogP contribution >= 0.6 is 11.6 Å². The molecule has 4 nitrogen and oxygen atoms in total. The number of amides is 1. The SMILES string of the molecule is O=C(c1cc(Cl)ccn1)N1CCCC1c1ccc[nH]1. The molecule has 1 fully saturated rings. The van der Waals surface area contributed by atoms with Gasteiger partial charge in [0.25, 0.3) is 5.91 Å². The Bertz CT molecular complexity index is 582. The third kappa shape index (κ3) is 2.36. The van der Waals surface area contributed by atoms with Crippen LogP contribution in [-0.2, 0) is 0 Å². The van der Waals surface area contributed by atoms with Crippen LogP contribution in [-0.4, -0.2) is 27.3 Å². The van der Waals surface area contributed by atoms with E-state index in [1.165, 1.54) is 0 Å². The summed E-state index contributed by atoms with van der Waals surface area (Å²) in [5, 5.41) is 0.536. The number of rotatable bonds is 2. The molecule has 3 rings (SSSR count). The van der Waals surface area contributed by atoms with Crippen LogP contribution in [0.5, 0.6) is 0 Å². The highest BCUT2D eigenvalue weighted by molar-refractivity contribution is 6.30. The van der Waals surface area contributed by atoms with Gasteiger partial charge in [-0.1, -0.05) is 11.6 Å². The highest BCUT2D eigenvalue weighted by Crippen LogP contribution is 2.32. The van der Waals surface area contributed by atoms with Crippen LogP contribution in [0, 0.1) is 0 Å². The van der Waals surface area contributed by atoms with Gasteiger partial charge in [-0.15, -0.1) is 0 Å². The lowest BCUT2D eigenvalue weighted by Gasteiger charge is -2.23. The molecule has 2 aromatic heterocycles. The molecule has 5 heteroatoms. The highest BCUT2D eigenvalue weighted by Gasteiger charge is 2.31. The van der Waals surface area contributed by atoms with Crippen LogP contribution in [0.4, 0.5) is 0 Å². The molecular weight excluding hydrogens is 262 g/mol. The zero-order chi connectivity index (χ0) is 13.2. The zero-order valence-corrected chi connectivity index (χ0v) is 11.1. The van der Waals surface area contributed by atoms with Gasteiger partial charge in [0.05, 0.1) is 6.04 Å². The first kappa shape index (κ1) is 12.2. The number of nitrogens with zero attached hydrogens (tertiary/aromatic N) is 2. The number of hydrogen-bond donors (Lipinski definition) is 1. The average molecular weight is 276 g/mol. The number of H-pyrrole nitrogens is 1. The van der Waals surface area contributed by atoms with Gasteiger partial charge in [-0.3, -0.25) is 9.78 Å². The summed E-state index contributed by atoms with van der Waals surface area (Å²) in [6, 6.07) is 7.37. The third-order valence-electron chi connectivity index (χ3n) is 3.44. The second-order valence-electron chi connectivity index (χ2n) is 4.64. The lowest BCUT2D eigenvalue weighted by atomic mass is 10.1. The summed E-state index contributed by atoms with van der Waals surface area (Å²) in [6.07, 6.45) is 5.44. The molecule has 1 saturated heterocycles. The van der Waals surface area contributed by atoms with Gasteiger partial charge in [-0.2, -0.15) is 0 Å². The summed E-state index contributed by atoms with van der Waals surface area (Å²) in [7, 11) is 0. The van der Waals surface area contributed by atoms with Crippen LogP contribution in [0.1, 0.15) is 35.1 Å². The summed E-state index contributed by atoms with van der Waals surface area (Å²) in [4.78, 5) is 21.7. The van der Waals surface area contributed by atoms with Gasteiger partial charge in [-0.05, 0) is 37.1 Å². The number of aromatic nitrogens is 2. The normalized spacial score (nSPS) is 18.8. The van der Waals surface area contributed by atoms with Crippen molar-refractivity contribution in [3.63, 3.8) is 0 Å². The van der Waals surface area contributed by atoms with E-state index in [0.717, 1.165) is 25.1 Å². The number of likely N-dealkylation sites (tertiary alicyclic amines) is 1. The van der Waals surface area contributed by atoms with Crippen molar-refractivity contribution in [3.8, 4) is 0 Å². The summed E-state index contributed by atoms with van der Waals surface area (Å²) in [5.41, 5.74) is 1.49. The first-order chi connectivity index (χ1) is 9.25. The van der Waals surface area contributed by atoms with Crippen LogP contribution in [0.3, 0.4) is 0 Å². The zero-order valence-electron chi connectivity index (χ0n) is 10.3. The molecule has 1 N–H and O–H groups in total. The first-order valence-corrected chi connectivity index (χ1v) is 6.69. The Morgan fingerprint density at radius 1 is 1.47 bits per heavy atom. The van der Waals surface area contributed by atoms with Crippen molar-refractivity contribution < 1.29 is 4.79 Å². The molecule has 1 amide bonds. The van der Waals surface area contributed by atoms with E-state index < -0.39 is 0 Å². The average Bonchev–Trinajstić information content (AvgIpc) is 3.08. The van der Waals surface area contributed by atoms with Crippen molar-refractivity contribution in [2.45, 2.75) is 18.9 Å². The third-order valence-corrected chi connectivity index (χ3v) is 3.67. The van der Waals surface area contributed by atoms with E-state index >= 15 is 0 Å². The molecule has 3 heterocycles. The van der Waals surface area contributed by atoms with Crippen LogP contribution in [0.15, 0.2) is 36.7 Å². The minimum Gasteiger partial charge on any atom is -0.363 e. The van der Waals surface area contributed by atoms with Gasteiger partial charge in [0.15, 0.2) is 0 Å². The highest BCUT2D eigenvalue weighted by atomic mass is 35.5. The fourth-order valence-electron chi connectivity index (χ4n) is 2.55. The number of halogens is 1. The van der Waals surface area contributed by atoms with E-state index in [-0.39, 0.29) is 11.9 Å². The largest absolute Gasteiger partial charge is 0.363 e. The summed E-state index contributed by atoms with van der Waals surface area (Å²) in [6.45, 7) is 0.761. The molecular formula is C14H14ClN3O. The molecule has 0 bridgehead atoms. The van der Waals surface area contributed by atoms with Gasteiger partial charge in [0.2, 0.25) is 0 Å². The van der Waals surface area contributed by atoms with Crippen LogP contribution in [0.2, 0.25) is 5.02 Å². The molecule has 1 aliphatic heterocycles. The Morgan fingerprint density at radius 2 is 2.37 bits per heavy atom. The monoisotopic (exact) mass is 275 g/mol. The molecule has 19 heavy (non-hydrogen) atoms. The number of pyridine rings is 1. The maximum Gasteiger partial charge on any atom is 0.273 e. The number of aromatic amines is 1. The number of hydrogen-bond acceptors (Lipinski definition) is 2. The minimum absolute atomic E-state index is 0.0559. The molecule has 0 saturated carbocycles. The standard InChI is InChI=1S/C14H14ClN3O/c15-10-5-7-17-12(9-10)14(19)18-8-2-4-13(18)11-3-1-6-16-11/h1,3,5-7,9,13,16H,2,4,8H2. The topological polar surface area (TPSA) is 49.0 Å². The van der Waals surface area contributed by atoms with Crippen molar-refractivity contribution >= 4 is 17.5 Å². The molecule has 0 radical (unpaired) electrons. The Balaban J connectivity index is 1.87. The quantitative estimate of drug-likeness (QED) is 0.916. The van der Waals surface area contributed by atoms with Crippen LogP contribution in [0.25, 0.3) is 0 Å². The maximum absolute atomic E-state index is 12.5. The molecule has 1 atom stereocenters. The summed E-state index contributed by atoms with van der Waals surface area (Å²) >= 11 is 5.91. The van der Waals surface area contributed by atoms with Gasteiger partial charge in [0, 0.05) is 29.7 Å².